The minimum absolute atomic E-state index is 0.213. The summed E-state index contributed by atoms with van der Waals surface area (Å²) in [7, 11) is 0. The Kier molecular flexibility index (Phi) is 5.42. The highest BCUT2D eigenvalue weighted by molar-refractivity contribution is 7.11. The second kappa shape index (κ2) is 7.86. The first-order valence-electron chi connectivity index (χ1n) is 9.98. The molecule has 1 aliphatic heterocycles. The minimum atomic E-state index is -2.68. The van der Waals surface area contributed by atoms with Crippen molar-refractivity contribution >= 4 is 23.2 Å². The molecule has 0 radical (unpaired) electrons. The molecule has 0 bridgehead atoms. The Labute approximate surface area is 172 Å². The van der Waals surface area contributed by atoms with Gasteiger partial charge in [0.25, 0.3) is 5.91 Å². The SMILES string of the molecule is Cc1ccc(CCNC(=O)C2c3ccccc3C(=O)N2C2CCC(F)(F)CC2)s1. The summed E-state index contributed by atoms with van der Waals surface area (Å²) in [5.41, 5.74) is 1.16. The number of amides is 2. The van der Waals surface area contributed by atoms with Crippen molar-refractivity contribution in [2.75, 3.05) is 6.54 Å². The van der Waals surface area contributed by atoms with Crippen LogP contribution in [0.15, 0.2) is 36.4 Å². The van der Waals surface area contributed by atoms with Crippen LogP contribution < -0.4 is 5.32 Å². The van der Waals surface area contributed by atoms with E-state index >= 15 is 0 Å². The van der Waals surface area contributed by atoms with Crippen molar-refractivity contribution in [3.63, 3.8) is 0 Å². The number of carbonyl (C=O) groups excluding carboxylic acids is 2. The Morgan fingerprint density at radius 3 is 2.62 bits per heavy atom. The van der Waals surface area contributed by atoms with Gasteiger partial charge < -0.3 is 10.2 Å². The molecule has 1 N–H and O–H groups in total. The van der Waals surface area contributed by atoms with E-state index in [0.29, 0.717) is 17.7 Å². The molecule has 29 heavy (non-hydrogen) atoms. The lowest BCUT2D eigenvalue weighted by Gasteiger charge is -2.37. The zero-order valence-electron chi connectivity index (χ0n) is 16.3. The van der Waals surface area contributed by atoms with Gasteiger partial charge in [0.05, 0.1) is 0 Å². The first-order chi connectivity index (χ1) is 13.9. The number of nitrogens with zero attached hydrogens (tertiary/aromatic N) is 1. The number of carbonyl (C=O) groups is 2. The second-order valence-electron chi connectivity index (χ2n) is 7.84. The minimum Gasteiger partial charge on any atom is -0.354 e. The number of benzene rings is 1. The van der Waals surface area contributed by atoms with Crippen molar-refractivity contribution in [2.45, 2.75) is 57.0 Å². The van der Waals surface area contributed by atoms with Gasteiger partial charge in [-0.2, -0.15) is 0 Å². The molecule has 4 nitrogen and oxygen atoms in total. The summed E-state index contributed by atoms with van der Waals surface area (Å²) in [6.45, 7) is 2.52. The molecule has 2 amide bonds. The number of thiophene rings is 1. The highest BCUT2D eigenvalue weighted by atomic mass is 32.1. The Morgan fingerprint density at radius 1 is 1.21 bits per heavy atom. The maximum Gasteiger partial charge on any atom is 0.255 e. The van der Waals surface area contributed by atoms with Crippen molar-refractivity contribution in [1.29, 1.82) is 0 Å². The topological polar surface area (TPSA) is 49.4 Å². The quantitative estimate of drug-likeness (QED) is 0.778. The van der Waals surface area contributed by atoms with Gasteiger partial charge in [-0.05, 0) is 49.9 Å². The van der Waals surface area contributed by atoms with Crippen molar-refractivity contribution in [2.24, 2.45) is 0 Å². The third-order valence-corrected chi connectivity index (χ3v) is 6.85. The van der Waals surface area contributed by atoms with Gasteiger partial charge in [-0.25, -0.2) is 8.78 Å². The molecule has 2 aliphatic rings. The van der Waals surface area contributed by atoms with Crippen LogP contribution in [0.4, 0.5) is 8.78 Å². The number of aryl methyl sites for hydroxylation is 1. The van der Waals surface area contributed by atoms with E-state index in [2.05, 4.69) is 11.4 Å². The van der Waals surface area contributed by atoms with Crippen LogP contribution in [0.3, 0.4) is 0 Å². The summed E-state index contributed by atoms with van der Waals surface area (Å²) in [6.07, 6.45) is 0.659. The van der Waals surface area contributed by atoms with Gasteiger partial charge in [0.1, 0.15) is 6.04 Å². The van der Waals surface area contributed by atoms with Gasteiger partial charge in [0.2, 0.25) is 11.8 Å². The van der Waals surface area contributed by atoms with Gasteiger partial charge in [-0.15, -0.1) is 11.3 Å². The van der Waals surface area contributed by atoms with Crippen LogP contribution in [-0.2, 0) is 11.2 Å². The molecule has 1 aromatic carbocycles. The largest absolute Gasteiger partial charge is 0.354 e. The molecule has 1 aromatic heterocycles. The molecule has 1 saturated carbocycles. The van der Waals surface area contributed by atoms with E-state index < -0.39 is 12.0 Å². The molecule has 0 saturated heterocycles. The molecule has 2 heterocycles. The maximum atomic E-state index is 13.6. The number of alkyl halides is 2. The number of hydrogen-bond acceptors (Lipinski definition) is 3. The third-order valence-electron chi connectivity index (χ3n) is 5.79. The molecular formula is C22H24F2N2O2S. The smallest absolute Gasteiger partial charge is 0.255 e. The van der Waals surface area contributed by atoms with Crippen molar-refractivity contribution < 1.29 is 18.4 Å². The van der Waals surface area contributed by atoms with Crippen molar-refractivity contribution in [1.82, 2.24) is 10.2 Å². The number of hydrogen-bond donors (Lipinski definition) is 1. The van der Waals surface area contributed by atoms with Gasteiger partial charge in [0, 0.05) is 40.7 Å². The third kappa shape index (κ3) is 4.06. The summed E-state index contributed by atoms with van der Waals surface area (Å²) in [5, 5.41) is 2.95. The Hall–Kier alpha value is -2.28. The number of rotatable bonds is 5. The molecule has 1 atom stereocenters. The Balaban J connectivity index is 1.51. The van der Waals surface area contributed by atoms with Crippen LogP contribution in [0.25, 0.3) is 0 Å². The average molecular weight is 419 g/mol. The first kappa shape index (κ1) is 20.0. The summed E-state index contributed by atoms with van der Waals surface area (Å²) >= 11 is 1.70. The predicted molar refractivity (Wildman–Crippen MR) is 108 cm³/mol. The molecule has 2 aromatic rings. The van der Waals surface area contributed by atoms with Crippen LogP contribution in [0.5, 0.6) is 0 Å². The Bertz CT molecular complexity index is 917. The van der Waals surface area contributed by atoms with Crippen LogP contribution in [0.1, 0.15) is 57.4 Å². The molecule has 7 heteroatoms. The number of nitrogens with one attached hydrogen (secondary N) is 1. The van der Waals surface area contributed by atoms with Crippen molar-refractivity contribution in [3.05, 3.63) is 57.3 Å². The van der Waals surface area contributed by atoms with Gasteiger partial charge in [0.15, 0.2) is 0 Å². The van der Waals surface area contributed by atoms with Crippen LogP contribution in [0.2, 0.25) is 0 Å². The highest BCUT2D eigenvalue weighted by Gasteiger charge is 2.47. The van der Waals surface area contributed by atoms with E-state index in [9.17, 15) is 18.4 Å². The summed E-state index contributed by atoms with van der Waals surface area (Å²) in [5.74, 6) is -3.15. The fraction of sp³-hybridized carbons (Fsp3) is 0.455. The molecule has 1 aliphatic carbocycles. The normalized spacial score (nSPS) is 21.3. The van der Waals surface area contributed by atoms with Crippen LogP contribution in [-0.4, -0.2) is 35.2 Å². The highest BCUT2D eigenvalue weighted by Crippen LogP contribution is 2.42. The molecule has 154 valence electrons. The first-order valence-corrected chi connectivity index (χ1v) is 10.8. The summed E-state index contributed by atoms with van der Waals surface area (Å²) < 4.78 is 27.3. The van der Waals surface area contributed by atoms with E-state index in [0.717, 1.165) is 6.42 Å². The van der Waals surface area contributed by atoms with E-state index in [-0.39, 0.29) is 43.5 Å². The zero-order chi connectivity index (χ0) is 20.6. The van der Waals surface area contributed by atoms with E-state index in [1.165, 1.54) is 9.75 Å². The molecular weight excluding hydrogens is 394 g/mol. The van der Waals surface area contributed by atoms with E-state index in [1.807, 2.05) is 13.0 Å². The van der Waals surface area contributed by atoms with E-state index in [4.69, 9.17) is 0 Å². The van der Waals surface area contributed by atoms with Gasteiger partial charge in [-0.3, -0.25) is 9.59 Å². The lowest BCUT2D eigenvalue weighted by molar-refractivity contribution is -0.127. The van der Waals surface area contributed by atoms with Crippen LogP contribution >= 0.6 is 11.3 Å². The molecule has 4 rings (SSSR count). The Morgan fingerprint density at radius 2 is 1.93 bits per heavy atom. The maximum absolute atomic E-state index is 13.6. The van der Waals surface area contributed by atoms with Crippen molar-refractivity contribution in [3.8, 4) is 0 Å². The second-order valence-corrected chi connectivity index (χ2v) is 9.22. The van der Waals surface area contributed by atoms with Gasteiger partial charge in [-0.1, -0.05) is 18.2 Å². The number of halogens is 2. The number of fused-ring (bicyclic) bond motifs is 1. The standard InChI is InChI=1S/C22H24F2N2O2S/c1-14-6-7-16(29-14)10-13-25-20(27)19-17-4-2-3-5-18(17)21(28)26(19)15-8-11-22(23,24)12-9-15/h2-7,15,19H,8-13H2,1H3,(H,25,27). The van der Waals surface area contributed by atoms with E-state index in [1.54, 1.807) is 40.5 Å². The van der Waals surface area contributed by atoms with Gasteiger partial charge >= 0.3 is 0 Å². The lowest BCUT2D eigenvalue weighted by Crippen LogP contribution is -2.47. The fourth-order valence-corrected chi connectivity index (χ4v) is 5.20. The monoisotopic (exact) mass is 418 g/mol. The molecule has 0 spiro atoms. The fourth-order valence-electron chi connectivity index (χ4n) is 4.31. The predicted octanol–water partition coefficient (Wildman–Crippen LogP) is 4.49. The molecule has 1 fully saturated rings. The average Bonchev–Trinajstić information content (AvgIpc) is 3.23. The van der Waals surface area contributed by atoms with Crippen LogP contribution in [0, 0.1) is 6.92 Å². The molecule has 1 unspecified atom stereocenters. The summed E-state index contributed by atoms with van der Waals surface area (Å²) in [4.78, 5) is 30.1. The lowest BCUT2D eigenvalue weighted by atomic mass is 9.90. The zero-order valence-corrected chi connectivity index (χ0v) is 17.1. The summed E-state index contributed by atoms with van der Waals surface area (Å²) in [6, 6.07) is 10.1.